The summed E-state index contributed by atoms with van der Waals surface area (Å²) in [6.45, 7) is 8.62. The van der Waals surface area contributed by atoms with Gasteiger partial charge in [0.2, 0.25) is 0 Å². The van der Waals surface area contributed by atoms with Crippen LogP contribution >= 0.6 is 0 Å². The van der Waals surface area contributed by atoms with Crippen molar-refractivity contribution in [3.63, 3.8) is 0 Å². The van der Waals surface area contributed by atoms with Crippen molar-refractivity contribution in [2.24, 2.45) is 11.8 Å². The molecule has 170 valence electrons. The van der Waals surface area contributed by atoms with E-state index in [-0.39, 0.29) is 6.61 Å². The van der Waals surface area contributed by atoms with E-state index in [1.54, 1.807) is 0 Å². The van der Waals surface area contributed by atoms with Crippen LogP contribution in [-0.2, 0) is 19.3 Å². The molecule has 2 aromatic rings. The van der Waals surface area contributed by atoms with E-state index < -0.39 is 11.9 Å². The quantitative estimate of drug-likeness (QED) is 0.577. The number of pyridine rings is 1. The summed E-state index contributed by atoms with van der Waals surface area (Å²) in [5.41, 5.74) is 0.689. The molecule has 1 unspecified atom stereocenters. The smallest absolute Gasteiger partial charge is 0.433 e. The van der Waals surface area contributed by atoms with Gasteiger partial charge in [0.25, 0.3) is 0 Å². The fourth-order valence-corrected chi connectivity index (χ4v) is 3.32. The molecule has 0 spiro atoms. The number of hydrogen-bond donors (Lipinski definition) is 2. The number of rotatable bonds is 10. The van der Waals surface area contributed by atoms with Gasteiger partial charge in [0.1, 0.15) is 23.8 Å². The van der Waals surface area contributed by atoms with Crippen molar-refractivity contribution in [2.75, 3.05) is 26.2 Å². The first-order chi connectivity index (χ1) is 14.8. The molecular formula is C23H30F3N3O2. The van der Waals surface area contributed by atoms with E-state index in [4.69, 9.17) is 9.47 Å². The van der Waals surface area contributed by atoms with Crippen molar-refractivity contribution in [3.8, 4) is 11.5 Å². The van der Waals surface area contributed by atoms with Crippen LogP contribution < -0.4 is 20.1 Å². The maximum Gasteiger partial charge on any atom is 0.433 e. The zero-order valence-corrected chi connectivity index (χ0v) is 18.0. The number of hydrogen-bond acceptors (Lipinski definition) is 5. The van der Waals surface area contributed by atoms with Gasteiger partial charge in [0, 0.05) is 24.4 Å². The molecule has 0 amide bonds. The van der Waals surface area contributed by atoms with Crippen LogP contribution in [0.1, 0.15) is 37.1 Å². The molecule has 0 radical (unpaired) electrons. The number of halogens is 3. The SMILES string of the molecule is CC(C)COc1cc(CNCC2CCNC2)cc(OCc2ccc(C(F)(F)F)nc2)c1. The lowest BCUT2D eigenvalue weighted by atomic mass is 10.1. The van der Waals surface area contributed by atoms with Gasteiger partial charge in [-0.25, -0.2) is 0 Å². The van der Waals surface area contributed by atoms with E-state index in [9.17, 15) is 13.2 Å². The molecule has 0 saturated carbocycles. The fraction of sp³-hybridized carbons (Fsp3) is 0.522. The lowest BCUT2D eigenvalue weighted by Gasteiger charge is -2.15. The maximum atomic E-state index is 12.7. The van der Waals surface area contributed by atoms with Gasteiger partial charge in [-0.15, -0.1) is 0 Å². The highest BCUT2D eigenvalue weighted by Gasteiger charge is 2.32. The predicted molar refractivity (Wildman–Crippen MR) is 113 cm³/mol. The van der Waals surface area contributed by atoms with E-state index in [1.807, 2.05) is 18.2 Å². The minimum Gasteiger partial charge on any atom is -0.493 e. The van der Waals surface area contributed by atoms with Gasteiger partial charge in [-0.05, 0) is 61.7 Å². The summed E-state index contributed by atoms with van der Waals surface area (Å²) in [7, 11) is 0. The van der Waals surface area contributed by atoms with Gasteiger partial charge in [0.15, 0.2) is 0 Å². The van der Waals surface area contributed by atoms with E-state index in [0.717, 1.165) is 37.0 Å². The normalized spacial score (nSPS) is 16.6. The van der Waals surface area contributed by atoms with Crippen LogP contribution in [0.25, 0.3) is 0 Å². The van der Waals surface area contributed by atoms with Crippen molar-refractivity contribution in [1.82, 2.24) is 15.6 Å². The van der Waals surface area contributed by atoms with Gasteiger partial charge >= 0.3 is 6.18 Å². The Labute approximate surface area is 181 Å². The largest absolute Gasteiger partial charge is 0.493 e. The highest BCUT2D eigenvalue weighted by molar-refractivity contribution is 5.38. The maximum absolute atomic E-state index is 12.7. The molecule has 1 saturated heterocycles. The summed E-state index contributed by atoms with van der Waals surface area (Å²) < 4.78 is 49.7. The number of nitrogens with one attached hydrogen (secondary N) is 2. The van der Waals surface area contributed by atoms with Crippen LogP contribution in [0, 0.1) is 11.8 Å². The third-order valence-corrected chi connectivity index (χ3v) is 4.97. The Morgan fingerprint density at radius 3 is 2.52 bits per heavy atom. The highest BCUT2D eigenvalue weighted by atomic mass is 19.4. The lowest BCUT2D eigenvalue weighted by Crippen LogP contribution is -2.24. The van der Waals surface area contributed by atoms with Crippen molar-refractivity contribution >= 4 is 0 Å². The summed E-state index contributed by atoms with van der Waals surface area (Å²) in [4.78, 5) is 3.48. The molecule has 2 heterocycles. The Kier molecular flexibility index (Phi) is 8.15. The zero-order chi connectivity index (χ0) is 22.3. The zero-order valence-electron chi connectivity index (χ0n) is 18.0. The van der Waals surface area contributed by atoms with Gasteiger partial charge in [-0.1, -0.05) is 19.9 Å². The first-order valence-electron chi connectivity index (χ1n) is 10.6. The summed E-state index contributed by atoms with van der Waals surface area (Å²) >= 11 is 0. The topological polar surface area (TPSA) is 55.4 Å². The monoisotopic (exact) mass is 437 g/mol. The molecular weight excluding hydrogens is 407 g/mol. The Bertz CT molecular complexity index is 820. The second-order valence-electron chi connectivity index (χ2n) is 8.35. The second kappa shape index (κ2) is 10.8. The molecule has 1 aromatic carbocycles. The van der Waals surface area contributed by atoms with Gasteiger partial charge < -0.3 is 20.1 Å². The number of benzene rings is 1. The van der Waals surface area contributed by atoms with Crippen LogP contribution in [0.4, 0.5) is 13.2 Å². The molecule has 1 fully saturated rings. The molecule has 1 atom stereocenters. The van der Waals surface area contributed by atoms with Crippen LogP contribution in [0.15, 0.2) is 36.5 Å². The van der Waals surface area contributed by atoms with Gasteiger partial charge in [-0.3, -0.25) is 4.98 Å². The highest BCUT2D eigenvalue weighted by Crippen LogP contribution is 2.28. The summed E-state index contributed by atoms with van der Waals surface area (Å²) in [6.07, 6.45) is -2.07. The molecule has 0 aliphatic carbocycles. The number of ether oxygens (including phenoxy) is 2. The van der Waals surface area contributed by atoms with Crippen molar-refractivity contribution < 1.29 is 22.6 Å². The summed E-state index contributed by atoms with van der Waals surface area (Å²) in [5.74, 6) is 2.36. The first-order valence-corrected chi connectivity index (χ1v) is 10.6. The molecule has 31 heavy (non-hydrogen) atoms. The Morgan fingerprint density at radius 2 is 1.90 bits per heavy atom. The molecule has 1 aliphatic heterocycles. The third kappa shape index (κ3) is 7.70. The molecule has 5 nitrogen and oxygen atoms in total. The van der Waals surface area contributed by atoms with Crippen molar-refractivity contribution in [3.05, 3.63) is 53.3 Å². The lowest BCUT2D eigenvalue weighted by molar-refractivity contribution is -0.141. The number of nitrogens with zero attached hydrogens (tertiary/aromatic N) is 1. The van der Waals surface area contributed by atoms with Crippen LogP contribution in [-0.4, -0.2) is 31.2 Å². The molecule has 0 bridgehead atoms. The average molecular weight is 438 g/mol. The van der Waals surface area contributed by atoms with Crippen LogP contribution in [0.5, 0.6) is 11.5 Å². The number of aromatic nitrogens is 1. The molecule has 1 aromatic heterocycles. The average Bonchev–Trinajstić information content (AvgIpc) is 3.24. The van der Waals surface area contributed by atoms with Gasteiger partial charge in [0.05, 0.1) is 6.61 Å². The first kappa shape index (κ1) is 23.3. The van der Waals surface area contributed by atoms with Crippen LogP contribution in [0.2, 0.25) is 0 Å². The fourth-order valence-electron chi connectivity index (χ4n) is 3.32. The number of alkyl halides is 3. The molecule has 2 N–H and O–H groups in total. The summed E-state index contributed by atoms with van der Waals surface area (Å²) in [5, 5.41) is 6.85. The van der Waals surface area contributed by atoms with E-state index in [2.05, 4.69) is 29.5 Å². The third-order valence-electron chi connectivity index (χ3n) is 4.97. The second-order valence-corrected chi connectivity index (χ2v) is 8.35. The van der Waals surface area contributed by atoms with E-state index in [0.29, 0.717) is 36.3 Å². The van der Waals surface area contributed by atoms with Crippen molar-refractivity contribution in [1.29, 1.82) is 0 Å². The van der Waals surface area contributed by atoms with Gasteiger partial charge in [-0.2, -0.15) is 13.2 Å². The Morgan fingerprint density at radius 1 is 1.13 bits per heavy atom. The van der Waals surface area contributed by atoms with Crippen molar-refractivity contribution in [2.45, 2.75) is 39.6 Å². The Balaban J connectivity index is 1.63. The summed E-state index contributed by atoms with van der Waals surface area (Å²) in [6, 6.07) is 8.08. The molecule has 8 heteroatoms. The van der Waals surface area contributed by atoms with E-state index >= 15 is 0 Å². The predicted octanol–water partition coefficient (Wildman–Crippen LogP) is 4.41. The molecule has 1 aliphatic rings. The van der Waals surface area contributed by atoms with E-state index in [1.165, 1.54) is 18.7 Å². The van der Waals surface area contributed by atoms with Crippen LogP contribution in [0.3, 0.4) is 0 Å². The molecule has 3 rings (SSSR count). The minimum absolute atomic E-state index is 0.124. The standard InChI is InChI=1S/C23H30F3N3O2/c1-16(2)14-30-20-7-19(12-28-11-17-5-6-27-10-17)8-21(9-20)31-15-18-3-4-22(29-13-18)23(24,25)26/h3-4,7-9,13,16-17,27-28H,5-6,10-12,14-15H2,1-2H3. The minimum atomic E-state index is -4.45. The Hall–Kier alpha value is -2.32.